The molecule has 6 heteroatoms. The van der Waals surface area contributed by atoms with Crippen molar-refractivity contribution in [3.63, 3.8) is 0 Å². The van der Waals surface area contributed by atoms with E-state index < -0.39 is 6.09 Å². The number of allylic oxidation sites excluding steroid dienone is 1. The Bertz CT molecular complexity index is 273. The van der Waals surface area contributed by atoms with Crippen molar-refractivity contribution < 1.29 is 11.0 Å². The summed E-state index contributed by atoms with van der Waals surface area (Å²) < 4.78 is 4.70. The first-order valence-corrected chi connectivity index (χ1v) is 7.24. The summed E-state index contributed by atoms with van der Waals surface area (Å²) in [6.45, 7) is 7.01. The van der Waals surface area contributed by atoms with Gasteiger partial charge in [0.25, 0.3) is 0 Å². The summed E-state index contributed by atoms with van der Waals surface area (Å²) in [6, 6.07) is 0. The highest BCUT2D eigenvalue weighted by molar-refractivity contribution is 8.82. The second-order valence-electron chi connectivity index (χ2n) is 2.93. The molecule has 0 aromatic carbocycles. The number of aliphatic imine (C=N–C) groups is 1. The van der Waals surface area contributed by atoms with E-state index in [4.69, 9.17) is 10.5 Å². The number of hydrogen-bond donors (Lipinski definition) is 1. The first-order chi connectivity index (χ1) is 7.60. The lowest BCUT2D eigenvalue weighted by Crippen LogP contribution is -2.18. The molecule has 0 unspecified atom stereocenters. The maximum absolute atomic E-state index is 10.4. The van der Waals surface area contributed by atoms with Gasteiger partial charge in [0.2, 0.25) is 0 Å². The normalized spacial score (nSPS) is 14.1. The molecule has 0 radical (unpaired) electrons. The van der Waals surface area contributed by atoms with Crippen LogP contribution in [0.1, 0.15) is 22.2 Å². The van der Waals surface area contributed by atoms with Crippen LogP contribution in [-0.4, -0.2) is 29.5 Å². The molecule has 0 aliphatic carbocycles. The van der Waals surface area contributed by atoms with Crippen LogP contribution in [0.5, 0.6) is 0 Å². The maximum atomic E-state index is 10.4. The first-order valence-electron chi connectivity index (χ1n) is 5.02. The predicted octanol–water partition coefficient (Wildman–Crippen LogP) is 3.09. The van der Waals surface area contributed by atoms with Gasteiger partial charge in [-0.15, -0.1) is 0 Å². The molecule has 16 heavy (non-hydrogen) atoms. The molecule has 0 saturated heterocycles. The van der Waals surface area contributed by atoms with E-state index in [0.717, 1.165) is 11.6 Å². The van der Waals surface area contributed by atoms with Gasteiger partial charge < -0.3 is 10.5 Å². The molecule has 94 valence electrons. The van der Waals surface area contributed by atoms with Crippen LogP contribution in [0.4, 0.5) is 4.79 Å². The van der Waals surface area contributed by atoms with Crippen molar-refractivity contribution in [2.45, 2.75) is 26.0 Å². The Kier molecular flexibility index (Phi) is 9.22. The van der Waals surface area contributed by atoms with Crippen molar-refractivity contribution in [3.05, 3.63) is 12.2 Å². The van der Waals surface area contributed by atoms with Crippen LogP contribution < -0.4 is 5.73 Å². The molecule has 2 N–H and O–H groups in total. The third kappa shape index (κ3) is 8.67. The molecule has 0 rings (SSSR count). The van der Waals surface area contributed by atoms with Gasteiger partial charge in [-0.05, 0) is 37.6 Å². The zero-order valence-corrected chi connectivity index (χ0v) is 11.4. The SMILES string of the molecule is C/C=C\C(=NCC)SS[C@H](C)COC(N)=O.[HH]. The van der Waals surface area contributed by atoms with Gasteiger partial charge in [-0.3, -0.25) is 4.99 Å². The lowest BCUT2D eigenvalue weighted by atomic mass is 10.5. The summed E-state index contributed by atoms with van der Waals surface area (Å²) in [5.41, 5.74) is 4.88. The second-order valence-corrected chi connectivity index (χ2v) is 5.59. The van der Waals surface area contributed by atoms with E-state index in [1.165, 1.54) is 0 Å². The highest BCUT2D eigenvalue weighted by Gasteiger charge is 2.07. The minimum atomic E-state index is -0.728. The minimum absolute atomic E-state index is 0. The van der Waals surface area contributed by atoms with Crippen molar-refractivity contribution in [1.29, 1.82) is 0 Å². The van der Waals surface area contributed by atoms with E-state index in [1.54, 1.807) is 21.6 Å². The van der Waals surface area contributed by atoms with E-state index >= 15 is 0 Å². The molecule has 0 heterocycles. The van der Waals surface area contributed by atoms with Crippen molar-refractivity contribution in [3.8, 4) is 0 Å². The third-order valence-electron chi connectivity index (χ3n) is 1.38. The van der Waals surface area contributed by atoms with Gasteiger partial charge >= 0.3 is 6.09 Å². The molecule has 0 aromatic rings. The average Bonchev–Trinajstić information content (AvgIpc) is 2.23. The van der Waals surface area contributed by atoms with E-state index in [2.05, 4.69) is 4.99 Å². The summed E-state index contributed by atoms with van der Waals surface area (Å²) in [6.07, 6.45) is 3.18. The van der Waals surface area contributed by atoms with E-state index in [9.17, 15) is 4.79 Å². The Balaban J connectivity index is 0. The number of rotatable bonds is 6. The zero-order chi connectivity index (χ0) is 12.4. The minimum Gasteiger partial charge on any atom is -0.449 e. The molecule has 0 aliphatic heterocycles. The molecule has 1 atom stereocenters. The van der Waals surface area contributed by atoms with Crippen LogP contribution in [0.3, 0.4) is 0 Å². The van der Waals surface area contributed by atoms with Crippen molar-refractivity contribution >= 4 is 32.7 Å². The third-order valence-corrected chi connectivity index (χ3v) is 4.16. The smallest absolute Gasteiger partial charge is 0.404 e. The monoisotopic (exact) mass is 264 g/mol. The van der Waals surface area contributed by atoms with Crippen LogP contribution in [0.15, 0.2) is 17.1 Å². The fourth-order valence-corrected chi connectivity index (χ4v) is 2.80. The largest absolute Gasteiger partial charge is 0.449 e. The van der Waals surface area contributed by atoms with Crippen LogP contribution in [0.2, 0.25) is 0 Å². The Labute approximate surface area is 106 Å². The number of carbonyl (C=O) groups excluding carboxylic acids is 1. The van der Waals surface area contributed by atoms with E-state index in [1.807, 2.05) is 32.9 Å². The fourth-order valence-electron chi connectivity index (χ4n) is 0.764. The van der Waals surface area contributed by atoms with Crippen molar-refractivity contribution in [2.24, 2.45) is 10.7 Å². The standard InChI is InChI=1S/C10H18N2O2S2.H2/c1-4-6-9(12-5-2)16-15-8(3)7-14-10(11)13;/h4,6,8H,5,7H2,1-3H3,(H2,11,13);1H/b6-4-,12-9?;/t8-;/m1./s1. The summed E-state index contributed by atoms with van der Waals surface area (Å²) in [4.78, 5) is 14.7. The summed E-state index contributed by atoms with van der Waals surface area (Å²) in [5, 5.41) is 1.16. The molecule has 0 fully saturated rings. The maximum Gasteiger partial charge on any atom is 0.404 e. The molecule has 1 amide bonds. The number of hydrogen-bond acceptors (Lipinski definition) is 5. The summed E-state index contributed by atoms with van der Waals surface area (Å²) in [5.74, 6) is 0. The van der Waals surface area contributed by atoms with Crippen molar-refractivity contribution in [2.75, 3.05) is 13.2 Å². The number of nitrogens with zero attached hydrogens (tertiary/aromatic N) is 1. The van der Waals surface area contributed by atoms with E-state index in [-0.39, 0.29) is 6.68 Å². The molecular formula is C10H20N2O2S2. The van der Waals surface area contributed by atoms with Gasteiger partial charge in [-0.1, -0.05) is 16.9 Å². The van der Waals surface area contributed by atoms with Gasteiger partial charge in [0.05, 0.1) is 0 Å². The van der Waals surface area contributed by atoms with E-state index in [0.29, 0.717) is 6.61 Å². The van der Waals surface area contributed by atoms with Gasteiger partial charge in [-0.25, -0.2) is 4.79 Å². The van der Waals surface area contributed by atoms with Crippen LogP contribution >= 0.6 is 21.6 Å². The molecule has 0 spiro atoms. The number of ether oxygens (including phenoxy) is 1. The van der Waals surface area contributed by atoms with Gasteiger partial charge in [0.1, 0.15) is 11.7 Å². The molecule has 4 nitrogen and oxygen atoms in total. The summed E-state index contributed by atoms with van der Waals surface area (Å²) >= 11 is 0. The molecule has 0 saturated carbocycles. The predicted molar refractivity (Wildman–Crippen MR) is 75.1 cm³/mol. The van der Waals surface area contributed by atoms with Crippen LogP contribution in [0, 0.1) is 0 Å². The highest BCUT2D eigenvalue weighted by atomic mass is 33.1. The van der Waals surface area contributed by atoms with Gasteiger partial charge in [0, 0.05) is 13.2 Å². The Morgan fingerprint density at radius 3 is 2.88 bits per heavy atom. The zero-order valence-electron chi connectivity index (χ0n) is 9.80. The van der Waals surface area contributed by atoms with Gasteiger partial charge in [0.15, 0.2) is 0 Å². The Morgan fingerprint density at radius 2 is 2.38 bits per heavy atom. The molecular weight excluding hydrogens is 244 g/mol. The number of primary amides is 1. The quantitative estimate of drug-likeness (QED) is 0.455. The average molecular weight is 264 g/mol. The molecule has 0 aliphatic rings. The number of carbonyl (C=O) groups is 1. The number of nitrogens with two attached hydrogens (primary N) is 1. The van der Waals surface area contributed by atoms with Crippen molar-refractivity contribution in [1.82, 2.24) is 0 Å². The Morgan fingerprint density at radius 1 is 1.69 bits per heavy atom. The summed E-state index contributed by atoms with van der Waals surface area (Å²) in [7, 11) is 3.19. The number of amides is 1. The van der Waals surface area contributed by atoms with Crippen LogP contribution in [0.25, 0.3) is 0 Å². The lowest BCUT2D eigenvalue weighted by molar-refractivity contribution is 0.158. The Hall–Kier alpha value is -0.620. The second kappa shape index (κ2) is 9.59. The lowest BCUT2D eigenvalue weighted by Gasteiger charge is -2.09. The van der Waals surface area contributed by atoms with Gasteiger partial charge in [-0.2, -0.15) is 0 Å². The first kappa shape index (κ1) is 15.4. The molecule has 0 aromatic heterocycles. The fraction of sp³-hybridized carbons (Fsp3) is 0.600. The highest BCUT2D eigenvalue weighted by Crippen LogP contribution is 2.28. The van der Waals surface area contributed by atoms with Crippen LogP contribution in [-0.2, 0) is 4.74 Å². The topological polar surface area (TPSA) is 64.7 Å². The molecule has 0 bridgehead atoms.